The molecule has 0 aliphatic carbocycles. The van der Waals surface area contributed by atoms with E-state index in [-0.39, 0.29) is 12.1 Å². The van der Waals surface area contributed by atoms with Gasteiger partial charge in [0.15, 0.2) is 0 Å². The van der Waals surface area contributed by atoms with Gasteiger partial charge in [0.1, 0.15) is 5.82 Å². The van der Waals surface area contributed by atoms with Crippen LogP contribution in [0.15, 0.2) is 36.7 Å². The monoisotopic (exact) mass is 351 g/mol. The van der Waals surface area contributed by atoms with Crippen LogP contribution in [0.3, 0.4) is 0 Å². The summed E-state index contributed by atoms with van der Waals surface area (Å²) < 4.78 is 0. The highest BCUT2D eigenvalue weighted by atomic mass is 16.2. The largest absolute Gasteiger partial charge is 0.340 e. The van der Waals surface area contributed by atoms with Crippen LogP contribution in [-0.2, 0) is 6.54 Å². The van der Waals surface area contributed by atoms with Crippen LogP contribution in [0.2, 0.25) is 0 Å². The number of hydrogen-bond acceptors (Lipinski definition) is 3. The Morgan fingerprint density at radius 3 is 2.77 bits per heavy atom. The number of hydrogen-bond donors (Lipinski definition) is 2. The van der Waals surface area contributed by atoms with Gasteiger partial charge in [0.25, 0.3) is 0 Å². The Morgan fingerprint density at radius 1 is 1.31 bits per heavy atom. The van der Waals surface area contributed by atoms with E-state index in [2.05, 4.69) is 53.2 Å². The number of pyridine rings is 1. The summed E-state index contributed by atoms with van der Waals surface area (Å²) in [6.45, 7) is 6.57. The first-order valence-corrected chi connectivity index (χ1v) is 8.86. The molecule has 2 aromatic heterocycles. The molecule has 0 bridgehead atoms. The van der Waals surface area contributed by atoms with E-state index in [0.29, 0.717) is 6.54 Å². The van der Waals surface area contributed by atoms with Gasteiger partial charge in [0, 0.05) is 19.4 Å². The number of urea groups is 1. The predicted molar refractivity (Wildman–Crippen MR) is 103 cm³/mol. The van der Waals surface area contributed by atoms with E-state index < -0.39 is 0 Å². The summed E-state index contributed by atoms with van der Waals surface area (Å²) in [5, 5.41) is 2.95. The van der Waals surface area contributed by atoms with E-state index in [0.717, 1.165) is 28.8 Å². The second-order valence-corrected chi connectivity index (χ2v) is 6.62. The molecule has 0 spiro atoms. The number of H-pyrrole nitrogens is 1. The number of aryl methyl sites for hydroxylation is 2. The summed E-state index contributed by atoms with van der Waals surface area (Å²) in [5.74, 6) is 0.751. The average Bonchev–Trinajstić information content (AvgIpc) is 3.03. The lowest BCUT2D eigenvalue weighted by atomic mass is 10.1. The number of fused-ring (bicyclic) bond motifs is 1. The van der Waals surface area contributed by atoms with Crippen LogP contribution in [0, 0.1) is 13.8 Å². The Kier molecular flexibility index (Phi) is 5.21. The van der Waals surface area contributed by atoms with Crippen molar-refractivity contribution < 1.29 is 4.79 Å². The maximum absolute atomic E-state index is 12.6. The lowest BCUT2D eigenvalue weighted by molar-refractivity contribution is 0.188. The smallest absolute Gasteiger partial charge is 0.318 e. The Labute approximate surface area is 153 Å². The highest BCUT2D eigenvalue weighted by Gasteiger charge is 2.20. The van der Waals surface area contributed by atoms with Gasteiger partial charge in [0.05, 0.1) is 23.6 Å². The number of nitrogens with zero attached hydrogens (tertiary/aromatic N) is 3. The summed E-state index contributed by atoms with van der Waals surface area (Å²) in [4.78, 5) is 26.3. The molecule has 6 heteroatoms. The minimum atomic E-state index is -0.131. The topological polar surface area (TPSA) is 73.9 Å². The van der Waals surface area contributed by atoms with Crippen molar-refractivity contribution in [1.82, 2.24) is 25.2 Å². The third kappa shape index (κ3) is 3.69. The molecule has 136 valence electrons. The Morgan fingerprint density at radius 2 is 2.08 bits per heavy atom. The van der Waals surface area contributed by atoms with Gasteiger partial charge < -0.3 is 15.2 Å². The summed E-state index contributed by atoms with van der Waals surface area (Å²) in [6, 6.07) is 7.90. The summed E-state index contributed by atoms with van der Waals surface area (Å²) in [6.07, 6.45) is 4.36. The number of aromatic nitrogens is 3. The maximum Gasteiger partial charge on any atom is 0.318 e. The van der Waals surface area contributed by atoms with Gasteiger partial charge in [-0.2, -0.15) is 0 Å². The quantitative estimate of drug-likeness (QED) is 0.733. The zero-order chi connectivity index (χ0) is 18.7. The molecule has 0 saturated heterocycles. The molecule has 0 radical (unpaired) electrons. The molecule has 0 saturated carbocycles. The van der Waals surface area contributed by atoms with Gasteiger partial charge in [-0.05, 0) is 55.2 Å². The van der Waals surface area contributed by atoms with Crippen molar-refractivity contribution >= 4 is 17.1 Å². The first-order chi connectivity index (χ1) is 12.5. The first kappa shape index (κ1) is 17.9. The van der Waals surface area contributed by atoms with Gasteiger partial charge in [0.2, 0.25) is 0 Å². The number of nitrogens with one attached hydrogen (secondary N) is 2. The van der Waals surface area contributed by atoms with Gasteiger partial charge in [-0.15, -0.1) is 0 Å². The SMILES string of the molecule is CCC(c1cccnc1)N(C)C(=O)NCc1nc2cc(C)c(C)cc2[nH]1. The van der Waals surface area contributed by atoms with Crippen LogP contribution in [0.4, 0.5) is 4.79 Å². The highest BCUT2D eigenvalue weighted by Crippen LogP contribution is 2.22. The van der Waals surface area contributed by atoms with Crippen molar-refractivity contribution in [3.63, 3.8) is 0 Å². The first-order valence-electron chi connectivity index (χ1n) is 8.86. The third-order valence-corrected chi connectivity index (χ3v) is 4.80. The van der Waals surface area contributed by atoms with Crippen LogP contribution in [0.25, 0.3) is 11.0 Å². The minimum absolute atomic E-state index is 0.00956. The lowest BCUT2D eigenvalue weighted by Gasteiger charge is -2.27. The fourth-order valence-electron chi connectivity index (χ4n) is 3.14. The molecule has 1 aromatic carbocycles. The van der Waals surface area contributed by atoms with Crippen molar-refractivity contribution in [2.45, 2.75) is 39.8 Å². The maximum atomic E-state index is 12.6. The van der Waals surface area contributed by atoms with Crippen molar-refractivity contribution in [3.8, 4) is 0 Å². The fraction of sp³-hybridized carbons (Fsp3) is 0.350. The van der Waals surface area contributed by atoms with E-state index in [1.807, 2.05) is 25.4 Å². The number of benzene rings is 1. The summed E-state index contributed by atoms with van der Waals surface area (Å²) in [5.41, 5.74) is 5.38. The number of aromatic amines is 1. The van der Waals surface area contributed by atoms with E-state index >= 15 is 0 Å². The molecule has 0 fully saturated rings. The molecular weight excluding hydrogens is 326 g/mol. The van der Waals surface area contributed by atoms with Crippen LogP contribution in [0.5, 0.6) is 0 Å². The van der Waals surface area contributed by atoms with Crippen molar-refractivity contribution in [1.29, 1.82) is 0 Å². The third-order valence-electron chi connectivity index (χ3n) is 4.80. The zero-order valence-corrected chi connectivity index (χ0v) is 15.7. The van der Waals surface area contributed by atoms with Crippen LogP contribution >= 0.6 is 0 Å². The lowest BCUT2D eigenvalue weighted by Crippen LogP contribution is -2.39. The summed E-state index contributed by atoms with van der Waals surface area (Å²) >= 11 is 0. The molecule has 26 heavy (non-hydrogen) atoms. The second kappa shape index (κ2) is 7.56. The molecule has 0 aliphatic rings. The van der Waals surface area contributed by atoms with Crippen LogP contribution < -0.4 is 5.32 Å². The van der Waals surface area contributed by atoms with E-state index in [9.17, 15) is 4.79 Å². The molecular formula is C20H25N5O. The van der Waals surface area contributed by atoms with Gasteiger partial charge >= 0.3 is 6.03 Å². The van der Waals surface area contributed by atoms with Gasteiger partial charge in [-0.1, -0.05) is 13.0 Å². The Bertz CT molecular complexity index is 864. The number of carbonyl (C=O) groups excluding carboxylic acids is 1. The molecule has 1 atom stereocenters. The molecule has 6 nitrogen and oxygen atoms in total. The fourth-order valence-corrected chi connectivity index (χ4v) is 3.14. The highest BCUT2D eigenvalue weighted by molar-refractivity contribution is 5.77. The summed E-state index contributed by atoms with van der Waals surface area (Å²) in [7, 11) is 1.81. The molecule has 1 unspecified atom stereocenters. The standard InChI is InChI=1S/C20H25N5O/c1-5-18(15-7-6-8-21-11-15)25(4)20(26)22-12-19-23-16-9-13(2)14(3)10-17(16)24-19/h6-11,18H,5,12H2,1-4H3,(H,22,26)(H,23,24). The normalized spacial score (nSPS) is 12.2. The molecule has 2 N–H and O–H groups in total. The van der Waals surface area contributed by atoms with Crippen molar-refractivity contribution in [2.24, 2.45) is 0 Å². The molecule has 3 aromatic rings. The van der Waals surface area contributed by atoms with Crippen LogP contribution in [-0.4, -0.2) is 32.9 Å². The minimum Gasteiger partial charge on any atom is -0.340 e. The number of amides is 2. The van der Waals surface area contributed by atoms with Crippen LogP contribution in [0.1, 0.15) is 41.9 Å². The van der Waals surface area contributed by atoms with Crippen molar-refractivity contribution in [3.05, 3.63) is 59.2 Å². The van der Waals surface area contributed by atoms with Crippen molar-refractivity contribution in [2.75, 3.05) is 7.05 Å². The molecule has 2 amide bonds. The number of carbonyl (C=O) groups is 1. The predicted octanol–water partition coefficient (Wildman–Crippen LogP) is 3.87. The Hall–Kier alpha value is -2.89. The average molecular weight is 351 g/mol. The molecule has 0 aliphatic heterocycles. The van der Waals surface area contributed by atoms with E-state index in [1.165, 1.54) is 11.1 Å². The number of rotatable bonds is 5. The zero-order valence-electron chi connectivity index (χ0n) is 15.7. The molecule has 3 rings (SSSR count). The van der Waals surface area contributed by atoms with E-state index in [4.69, 9.17) is 0 Å². The second-order valence-electron chi connectivity index (χ2n) is 6.62. The van der Waals surface area contributed by atoms with E-state index in [1.54, 1.807) is 11.1 Å². The number of imidazole rings is 1. The Balaban J connectivity index is 1.68. The van der Waals surface area contributed by atoms with Gasteiger partial charge in [-0.3, -0.25) is 4.98 Å². The molecule has 2 heterocycles. The van der Waals surface area contributed by atoms with Gasteiger partial charge in [-0.25, -0.2) is 9.78 Å².